The summed E-state index contributed by atoms with van der Waals surface area (Å²) in [6.07, 6.45) is -0.647. The van der Waals surface area contributed by atoms with Crippen LogP contribution in [0.15, 0.2) is 24.3 Å². The second kappa shape index (κ2) is 10.8. The van der Waals surface area contributed by atoms with Crippen molar-refractivity contribution in [2.45, 2.75) is 25.5 Å². The zero-order valence-electron chi connectivity index (χ0n) is 16.0. The molecular formula is C21H22N4O4. The van der Waals surface area contributed by atoms with E-state index in [1.54, 1.807) is 24.3 Å². The number of benzene rings is 1. The Balaban J connectivity index is 1.88. The van der Waals surface area contributed by atoms with Gasteiger partial charge in [-0.1, -0.05) is 11.8 Å². The Bertz CT molecular complexity index is 891. The molecule has 1 fully saturated rings. The van der Waals surface area contributed by atoms with Crippen molar-refractivity contribution in [1.82, 2.24) is 15.7 Å². The average Bonchev–Trinajstić information content (AvgIpc) is 2.69. The molecular weight excluding hydrogens is 372 g/mol. The molecule has 0 aromatic heterocycles. The first-order chi connectivity index (χ1) is 13.9. The maximum absolute atomic E-state index is 12.2. The highest BCUT2D eigenvalue weighted by molar-refractivity contribution is 5.97. The van der Waals surface area contributed by atoms with Gasteiger partial charge in [0.1, 0.15) is 6.04 Å². The third kappa shape index (κ3) is 6.64. The standard InChI is InChI=1S/C21H22N4O4/c1-15(26)19(21(28)24-29)23-20(27)18-9-7-16(8-10-18)5-2-3-6-17-13-25(14-17)12-4-11-22/h7-10,15,17,19,26,29H,4,12-14H2,1H3,(H,23,27)(H,24,28)/t15-,19?/m1/s1. The fourth-order valence-electron chi connectivity index (χ4n) is 2.70. The number of nitrogens with zero attached hydrogens (tertiary/aromatic N) is 2. The van der Waals surface area contributed by atoms with Crippen molar-refractivity contribution in [3.63, 3.8) is 0 Å². The van der Waals surface area contributed by atoms with E-state index in [1.807, 2.05) is 0 Å². The smallest absolute Gasteiger partial charge is 0.268 e. The van der Waals surface area contributed by atoms with E-state index in [4.69, 9.17) is 10.5 Å². The lowest BCUT2D eigenvalue weighted by atomic mass is 10.0. The molecule has 2 amide bonds. The minimum atomic E-state index is -1.27. The number of carbonyl (C=O) groups excluding carboxylic acids is 2. The second-order valence-corrected chi connectivity index (χ2v) is 6.63. The van der Waals surface area contributed by atoms with Crippen LogP contribution in [-0.4, -0.2) is 58.8 Å². The van der Waals surface area contributed by atoms with Gasteiger partial charge in [-0.3, -0.25) is 19.7 Å². The topological polar surface area (TPSA) is 126 Å². The van der Waals surface area contributed by atoms with Crippen LogP contribution >= 0.6 is 0 Å². The summed E-state index contributed by atoms with van der Waals surface area (Å²) in [7, 11) is 0. The molecule has 1 aromatic carbocycles. The maximum atomic E-state index is 12.2. The van der Waals surface area contributed by atoms with Gasteiger partial charge < -0.3 is 10.4 Å². The summed E-state index contributed by atoms with van der Waals surface area (Å²) in [4.78, 5) is 25.8. The highest BCUT2D eigenvalue weighted by atomic mass is 16.5. The number of aliphatic hydroxyl groups excluding tert-OH is 1. The average molecular weight is 394 g/mol. The first kappa shape index (κ1) is 21.9. The molecule has 4 N–H and O–H groups in total. The van der Waals surface area contributed by atoms with Gasteiger partial charge in [0.2, 0.25) is 0 Å². The molecule has 2 atom stereocenters. The van der Waals surface area contributed by atoms with Crippen molar-refractivity contribution >= 4 is 11.8 Å². The normalized spacial score (nSPS) is 15.2. The molecule has 2 rings (SSSR count). The SMILES string of the molecule is C[C@@H](O)C(NC(=O)c1ccc(C#CC#CC2CN(CCC#N)C2)cc1)C(=O)NO. The lowest BCUT2D eigenvalue weighted by Crippen LogP contribution is -2.51. The molecule has 1 saturated heterocycles. The first-order valence-electron chi connectivity index (χ1n) is 9.08. The van der Waals surface area contributed by atoms with E-state index < -0.39 is 24.0 Å². The van der Waals surface area contributed by atoms with Crippen molar-refractivity contribution < 1.29 is 19.9 Å². The summed E-state index contributed by atoms with van der Waals surface area (Å²) >= 11 is 0. The van der Waals surface area contributed by atoms with Crippen molar-refractivity contribution in [2.75, 3.05) is 19.6 Å². The minimum absolute atomic E-state index is 0.282. The first-order valence-corrected chi connectivity index (χ1v) is 9.08. The molecule has 150 valence electrons. The van der Waals surface area contributed by atoms with Crippen LogP contribution in [0.25, 0.3) is 0 Å². The summed E-state index contributed by atoms with van der Waals surface area (Å²) in [6, 6.07) is 7.24. The van der Waals surface area contributed by atoms with Gasteiger partial charge >= 0.3 is 0 Å². The monoisotopic (exact) mass is 394 g/mol. The Hall–Kier alpha value is -3.35. The fraction of sp³-hybridized carbons (Fsp3) is 0.381. The number of amides is 2. The molecule has 29 heavy (non-hydrogen) atoms. The Labute approximate surface area is 169 Å². The van der Waals surface area contributed by atoms with Crippen LogP contribution in [-0.2, 0) is 4.79 Å². The van der Waals surface area contributed by atoms with Crippen LogP contribution in [0.4, 0.5) is 0 Å². The van der Waals surface area contributed by atoms with Crippen molar-refractivity contribution in [3.05, 3.63) is 35.4 Å². The molecule has 1 aromatic rings. The van der Waals surface area contributed by atoms with E-state index in [-0.39, 0.29) is 11.5 Å². The summed E-state index contributed by atoms with van der Waals surface area (Å²) in [6.45, 7) is 3.83. The number of aliphatic hydroxyl groups is 1. The van der Waals surface area contributed by atoms with Gasteiger partial charge in [-0.15, -0.1) is 0 Å². The Kier molecular flexibility index (Phi) is 8.21. The molecule has 1 aliphatic rings. The molecule has 0 aliphatic carbocycles. The molecule has 0 radical (unpaired) electrons. The van der Waals surface area contributed by atoms with Crippen LogP contribution in [0.5, 0.6) is 0 Å². The van der Waals surface area contributed by atoms with Gasteiger partial charge in [0.25, 0.3) is 11.8 Å². The van der Waals surface area contributed by atoms with E-state index in [2.05, 4.69) is 40.0 Å². The highest BCUT2D eigenvalue weighted by Crippen LogP contribution is 2.13. The summed E-state index contributed by atoms with van der Waals surface area (Å²) in [5.41, 5.74) is 2.37. The lowest BCUT2D eigenvalue weighted by molar-refractivity contribution is -0.133. The number of likely N-dealkylation sites (tertiary alicyclic amines) is 1. The number of hydrogen-bond acceptors (Lipinski definition) is 6. The Morgan fingerprint density at radius 1 is 1.28 bits per heavy atom. The molecule has 0 spiro atoms. The lowest BCUT2D eigenvalue weighted by Gasteiger charge is -2.35. The largest absolute Gasteiger partial charge is 0.391 e. The van der Waals surface area contributed by atoms with Crippen LogP contribution in [0, 0.1) is 40.9 Å². The zero-order chi connectivity index (χ0) is 21.2. The van der Waals surface area contributed by atoms with Gasteiger partial charge in [0.05, 0.1) is 12.2 Å². The van der Waals surface area contributed by atoms with Crippen LogP contribution in [0.1, 0.15) is 29.3 Å². The number of nitrogens with one attached hydrogen (secondary N) is 2. The van der Waals surface area contributed by atoms with Gasteiger partial charge in [-0.05, 0) is 43.0 Å². The molecule has 1 unspecified atom stereocenters. The maximum Gasteiger partial charge on any atom is 0.268 e. The molecule has 1 heterocycles. The van der Waals surface area contributed by atoms with Crippen molar-refractivity contribution in [1.29, 1.82) is 5.26 Å². The predicted molar refractivity (Wildman–Crippen MR) is 104 cm³/mol. The second-order valence-electron chi connectivity index (χ2n) is 6.63. The number of hydrogen-bond donors (Lipinski definition) is 4. The summed E-state index contributed by atoms with van der Waals surface area (Å²) < 4.78 is 0. The summed E-state index contributed by atoms with van der Waals surface area (Å²) in [5.74, 6) is 10.4. The van der Waals surface area contributed by atoms with Gasteiger partial charge in [0.15, 0.2) is 0 Å². The highest BCUT2D eigenvalue weighted by Gasteiger charge is 2.26. The van der Waals surface area contributed by atoms with Gasteiger partial charge in [-0.2, -0.15) is 5.26 Å². The minimum Gasteiger partial charge on any atom is -0.391 e. The van der Waals surface area contributed by atoms with E-state index in [9.17, 15) is 14.7 Å². The predicted octanol–water partition coefficient (Wildman–Crippen LogP) is -0.128. The van der Waals surface area contributed by atoms with Gasteiger partial charge in [0, 0.05) is 43.1 Å². The molecule has 0 saturated carbocycles. The van der Waals surface area contributed by atoms with E-state index >= 15 is 0 Å². The number of nitriles is 1. The summed E-state index contributed by atoms with van der Waals surface area (Å²) in [5, 5.41) is 29.1. The van der Waals surface area contributed by atoms with Gasteiger partial charge in [-0.25, -0.2) is 5.48 Å². The van der Waals surface area contributed by atoms with Crippen LogP contribution in [0.3, 0.4) is 0 Å². The Morgan fingerprint density at radius 2 is 1.97 bits per heavy atom. The number of rotatable bonds is 6. The number of carbonyl (C=O) groups is 2. The Morgan fingerprint density at radius 3 is 2.55 bits per heavy atom. The fourth-order valence-corrected chi connectivity index (χ4v) is 2.70. The third-order valence-electron chi connectivity index (χ3n) is 4.35. The number of hydroxylamine groups is 1. The van der Waals surface area contributed by atoms with Crippen LogP contribution < -0.4 is 10.8 Å². The van der Waals surface area contributed by atoms with E-state index in [1.165, 1.54) is 12.4 Å². The van der Waals surface area contributed by atoms with Crippen molar-refractivity contribution in [2.24, 2.45) is 5.92 Å². The van der Waals surface area contributed by atoms with Crippen LogP contribution in [0.2, 0.25) is 0 Å². The van der Waals surface area contributed by atoms with E-state index in [0.29, 0.717) is 12.0 Å². The van der Waals surface area contributed by atoms with Crippen molar-refractivity contribution in [3.8, 4) is 29.8 Å². The third-order valence-corrected chi connectivity index (χ3v) is 4.35. The molecule has 0 bridgehead atoms. The quantitative estimate of drug-likeness (QED) is 0.303. The molecule has 1 aliphatic heterocycles. The zero-order valence-corrected chi connectivity index (χ0v) is 16.0. The van der Waals surface area contributed by atoms with E-state index in [0.717, 1.165) is 19.6 Å². The molecule has 8 nitrogen and oxygen atoms in total. The molecule has 8 heteroatoms.